The van der Waals surface area contributed by atoms with Gasteiger partial charge in [0.1, 0.15) is 16.5 Å². The van der Waals surface area contributed by atoms with Crippen LogP contribution in [0.5, 0.6) is 0 Å². The van der Waals surface area contributed by atoms with Gasteiger partial charge in [-0.1, -0.05) is 36.4 Å². The van der Waals surface area contributed by atoms with Crippen LogP contribution in [0.2, 0.25) is 0 Å². The molecule has 2 N–H and O–H groups in total. The summed E-state index contributed by atoms with van der Waals surface area (Å²) in [5, 5.41) is 7.65. The molecule has 31 heavy (non-hydrogen) atoms. The Labute approximate surface area is 182 Å². The first kappa shape index (κ1) is 20.4. The normalized spacial score (nSPS) is 10.5. The summed E-state index contributed by atoms with van der Waals surface area (Å²) in [5.74, 6) is -1.09. The Morgan fingerprint density at radius 2 is 1.61 bits per heavy atom. The Morgan fingerprint density at radius 3 is 2.39 bits per heavy atom. The maximum Gasteiger partial charge on any atom is 0.275 e. The molecule has 1 heterocycles. The van der Waals surface area contributed by atoms with Crippen LogP contribution >= 0.6 is 11.3 Å². The third-order valence-corrected chi connectivity index (χ3v) is 5.57. The Balaban J connectivity index is 1.52. The van der Waals surface area contributed by atoms with E-state index in [0.717, 1.165) is 0 Å². The highest BCUT2D eigenvalue weighted by Crippen LogP contribution is 2.27. The van der Waals surface area contributed by atoms with Gasteiger partial charge in [-0.25, -0.2) is 9.37 Å². The first-order chi connectivity index (χ1) is 15.0. The number of carbonyl (C=O) groups excluding carboxylic acids is 2. The van der Waals surface area contributed by atoms with Crippen LogP contribution in [0.15, 0.2) is 78.2 Å². The molecule has 0 fully saturated rings. The zero-order chi connectivity index (χ0) is 21.8. The lowest BCUT2D eigenvalue weighted by Gasteiger charge is -2.12. The fourth-order valence-corrected chi connectivity index (χ4v) is 3.89. The van der Waals surface area contributed by atoms with Crippen LogP contribution < -0.4 is 10.6 Å². The van der Waals surface area contributed by atoms with Crippen LogP contribution in [-0.2, 0) is 0 Å². The predicted molar refractivity (Wildman–Crippen MR) is 121 cm³/mol. The van der Waals surface area contributed by atoms with E-state index in [0.29, 0.717) is 33.1 Å². The SMILES string of the molecule is Cc1c(NC(=O)c2csc(-c3ccccc3F)n2)cccc1C(=O)Nc1ccccc1. The molecule has 0 bridgehead atoms. The second-order valence-corrected chi connectivity index (χ2v) is 7.63. The number of aromatic nitrogens is 1. The fourth-order valence-electron chi connectivity index (χ4n) is 3.06. The Kier molecular flexibility index (Phi) is 5.86. The molecule has 0 atom stereocenters. The predicted octanol–water partition coefficient (Wildman–Crippen LogP) is 5.76. The molecule has 0 aliphatic heterocycles. The minimum Gasteiger partial charge on any atom is -0.322 e. The lowest BCUT2D eigenvalue weighted by atomic mass is 10.1. The number of halogens is 1. The second-order valence-electron chi connectivity index (χ2n) is 6.77. The van der Waals surface area contributed by atoms with Gasteiger partial charge in [0.15, 0.2) is 0 Å². The number of nitrogens with one attached hydrogen (secondary N) is 2. The summed E-state index contributed by atoms with van der Waals surface area (Å²) in [7, 11) is 0. The van der Waals surface area contributed by atoms with Crippen molar-refractivity contribution in [1.29, 1.82) is 0 Å². The zero-order valence-electron chi connectivity index (χ0n) is 16.6. The van der Waals surface area contributed by atoms with Crippen LogP contribution in [0.1, 0.15) is 26.4 Å². The van der Waals surface area contributed by atoms with Crippen LogP contribution in [0, 0.1) is 12.7 Å². The maximum atomic E-state index is 14.0. The number of rotatable bonds is 5. The van der Waals surface area contributed by atoms with E-state index >= 15 is 0 Å². The van der Waals surface area contributed by atoms with Gasteiger partial charge in [0.05, 0.1) is 0 Å². The Morgan fingerprint density at radius 1 is 0.871 bits per heavy atom. The van der Waals surface area contributed by atoms with Crippen molar-refractivity contribution in [3.63, 3.8) is 0 Å². The first-order valence-corrected chi connectivity index (χ1v) is 10.4. The zero-order valence-corrected chi connectivity index (χ0v) is 17.4. The third-order valence-electron chi connectivity index (χ3n) is 4.70. The van der Waals surface area contributed by atoms with Crippen LogP contribution in [-0.4, -0.2) is 16.8 Å². The standard InChI is InChI=1S/C24H18FN3O2S/c1-15-17(22(29)26-16-8-3-2-4-9-16)11-7-13-20(15)27-23(30)21-14-31-24(28-21)18-10-5-6-12-19(18)25/h2-14H,1H3,(H,26,29)(H,27,30). The number of carbonyl (C=O) groups is 2. The number of para-hydroxylation sites is 1. The van der Waals surface area contributed by atoms with Gasteiger partial charge in [0.25, 0.3) is 11.8 Å². The summed E-state index contributed by atoms with van der Waals surface area (Å²) in [4.78, 5) is 29.6. The minimum atomic E-state index is -0.428. The molecule has 7 heteroatoms. The van der Waals surface area contributed by atoms with Gasteiger partial charge in [-0.15, -0.1) is 11.3 Å². The van der Waals surface area contributed by atoms with Crippen molar-refractivity contribution in [2.45, 2.75) is 6.92 Å². The summed E-state index contributed by atoms with van der Waals surface area (Å²) in [6.07, 6.45) is 0. The number of amides is 2. The molecule has 0 unspecified atom stereocenters. The highest BCUT2D eigenvalue weighted by Gasteiger charge is 2.17. The maximum absolute atomic E-state index is 14.0. The van der Waals surface area contributed by atoms with Gasteiger partial charge in [-0.2, -0.15) is 0 Å². The second kappa shape index (κ2) is 8.89. The quantitative estimate of drug-likeness (QED) is 0.422. The van der Waals surface area contributed by atoms with Crippen LogP contribution in [0.25, 0.3) is 10.6 Å². The average Bonchev–Trinajstić information content (AvgIpc) is 3.26. The van der Waals surface area contributed by atoms with E-state index in [1.807, 2.05) is 18.2 Å². The van der Waals surface area contributed by atoms with Gasteiger partial charge in [-0.05, 0) is 48.9 Å². The smallest absolute Gasteiger partial charge is 0.275 e. The lowest BCUT2D eigenvalue weighted by molar-refractivity contribution is 0.101. The number of nitrogens with zero attached hydrogens (tertiary/aromatic N) is 1. The van der Waals surface area contributed by atoms with Crippen LogP contribution in [0.4, 0.5) is 15.8 Å². The molecule has 0 spiro atoms. The van der Waals surface area contributed by atoms with E-state index in [4.69, 9.17) is 0 Å². The van der Waals surface area contributed by atoms with E-state index in [-0.39, 0.29) is 11.6 Å². The molecule has 4 rings (SSSR count). The van der Waals surface area contributed by atoms with Crippen LogP contribution in [0.3, 0.4) is 0 Å². The summed E-state index contributed by atoms with van der Waals surface area (Å²) >= 11 is 1.19. The molecule has 0 radical (unpaired) electrons. The fraction of sp³-hybridized carbons (Fsp3) is 0.0417. The molecule has 4 aromatic rings. The first-order valence-electron chi connectivity index (χ1n) is 9.50. The van der Waals surface area contributed by atoms with Crippen molar-refractivity contribution in [1.82, 2.24) is 4.98 Å². The molecule has 0 saturated carbocycles. The summed E-state index contributed by atoms with van der Waals surface area (Å²) in [5.41, 5.74) is 2.81. The molecule has 0 aliphatic carbocycles. The van der Waals surface area contributed by atoms with Gasteiger partial charge < -0.3 is 10.6 Å². The van der Waals surface area contributed by atoms with Crippen molar-refractivity contribution in [2.75, 3.05) is 10.6 Å². The Hall–Kier alpha value is -3.84. The van der Waals surface area contributed by atoms with E-state index in [1.165, 1.54) is 17.4 Å². The monoisotopic (exact) mass is 431 g/mol. The van der Waals surface area contributed by atoms with Crippen molar-refractivity contribution in [3.05, 3.63) is 101 Å². The molecule has 154 valence electrons. The molecule has 2 amide bonds. The summed E-state index contributed by atoms with van der Waals surface area (Å²) in [6.45, 7) is 1.77. The lowest BCUT2D eigenvalue weighted by Crippen LogP contribution is -2.17. The topological polar surface area (TPSA) is 71.1 Å². The molecular weight excluding hydrogens is 413 g/mol. The molecule has 0 aliphatic rings. The van der Waals surface area contributed by atoms with Gasteiger partial charge >= 0.3 is 0 Å². The number of thiazole rings is 1. The van der Waals surface area contributed by atoms with Crippen molar-refractivity contribution < 1.29 is 14.0 Å². The largest absolute Gasteiger partial charge is 0.322 e. The van der Waals surface area contributed by atoms with Gasteiger partial charge in [-0.3, -0.25) is 9.59 Å². The van der Waals surface area contributed by atoms with Crippen molar-refractivity contribution >= 4 is 34.5 Å². The number of hydrogen-bond acceptors (Lipinski definition) is 4. The molecule has 3 aromatic carbocycles. The summed E-state index contributed by atoms with van der Waals surface area (Å²) in [6, 6.07) is 20.5. The van der Waals surface area contributed by atoms with Gasteiger partial charge in [0, 0.05) is 27.9 Å². The molecule has 1 aromatic heterocycles. The minimum absolute atomic E-state index is 0.182. The Bertz CT molecular complexity index is 1250. The number of anilines is 2. The average molecular weight is 431 g/mol. The highest BCUT2D eigenvalue weighted by atomic mass is 32.1. The van der Waals surface area contributed by atoms with E-state index < -0.39 is 11.7 Å². The molecule has 5 nitrogen and oxygen atoms in total. The van der Waals surface area contributed by atoms with Crippen molar-refractivity contribution in [2.24, 2.45) is 0 Å². The number of benzene rings is 3. The van der Waals surface area contributed by atoms with E-state index in [9.17, 15) is 14.0 Å². The summed E-state index contributed by atoms with van der Waals surface area (Å²) < 4.78 is 14.0. The van der Waals surface area contributed by atoms with E-state index in [1.54, 1.807) is 60.8 Å². The molecular formula is C24H18FN3O2S. The highest BCUT2D eigenvalue weighted by molar-refractivity contribution is 7.13. The van der Waals surface area contributed by atoms with Crippen molar-refractivity contribution in [3.8, 4) is 10.6 Å². The van der Waals surface area contributed by atoms with Gasteiger partial charge in [0.2, 0.25) is 0 Å². The third kappa shape index (κ3) is 4.51. The molecule has 0 saturated heterocycles. The van der Waals surface area contributed by atoms with E-state index in [2.05, 4.69) is 15.6 Å². The number of hydrogen-bond donors (Lipinski definition) is 2.